The van der Waals surface area contributed by atoms with Crippen molar-refractivity contribution in [2.45, 2.75) is 17.7 Å². The molecule has 1 saturated carbocycles. The van der Waals surface area contributed by atoms with Gasteiger partial charge in [0.1, 0.15) is 0 Å². The first kappa shape index (κ1) is 14.2. The molecule has 0 spiro atoms. The zero-order valence-electron chi connectivity index (χ0n) is 10.8. The maximum absolute atomic E-state index is 11.9. The van der Waals surface area contributed by atoms with E-state index in [9.17, 15) is 13.2 Å². The van der Waals surface area contributed by atoms with Crippen LogP contribution >= 0.6 is 0 Å². The van der Waals surface area contributed by atoms with Gasteiger partial charge in [0, 0.05) is 25.1 Å². The second-order valence-corrected chi connectivity index (χ2v) is 6.32. The van der Waals surface area contributed by atoms with Crippen LogP contribution in [0.25, 0.3) is 0 Å². The number of ketones is 1. The number of hydrogen-bond acceptors (Lipinski definition) is 4. The Bertz CT molecular complexity index is 547. The zero-order chi connectivity index (χ0) is 13.9. The summed E-state index contributed by atoms with van der Waals surface area (Å²) in [5, 5.41) is 0. The molecule has 0 atom stereocenters. The summed E-state index contributed by atoms with van der Waals surface area (Å²) in [6.45, 7) is 0.541. The summed E-state index contributed by atoms with van der Waals surface area (Å²) < 4.78 is 31.0. The molecule has 104 valence electrons. The maximum Gasteiger partial charge on any atom is 0.240 e. The topological polar surface area (TPSA) is 72.5 Å². The molecular weight excluding hydrogens is 266 g/mol. The number of rotatable bonds is 7. The molecule has 0 saturated heterocycles. The molecule has 2 rings (SSSR count). The van der Waals surface area contributed by atoms with Gasteiger partial charge < -0.3 is 4.74 Å². The Balaban J connectivity index is 2.06. The van der Waals surface area contributed by atoms with Crippen molar-refractivity contribution in [1.82, 2.24) is 4.72 Å². The summed E-state index contributed by atoms with van der Waals surface area (Å²) in [5.74, 6) is 0.249. The van der Waals surface area contributed by atoms with Crippen LogP contribution < -0.4 is 4.72 Å². The zero-order valence-corrected chi connectivity index (χ0v) is 11.6. The van der Waals surface area contributed by atoms with E-state index in [1.807, 2.05) is 0 Å². The average Bonchev–Trinajstić information content (AvgIpc) is 3.22. The fourth-order valence-corrected chi connectivity index (χ4v) is 2.75. The van der Waals surface area contributed by atoms with Crippen LogP contribution in [-0.4, -0.2) is 34.5 Å². The van der Waals surface area contributed by atoms with Crippen LogP contribution in [0.2, 0.25) is 0 Å². The van der Waals surface area contributed by atoms with E-state index in [4.69, 9.17) is 4.74 Å². The van der Waals surface area contributed by atoms with Gasteiger partial charge in [0.15, 0.2) is 5.78 Å². The lowest BCUT2D eigenvalue weighted by Crippen LogP contribution is -2.27. The Morgan fingerprint density at radius 2 is 1.95 bits per heavy atom. The average molecular weight is 283 g/mol. The largest absolute Gasteiger partial charge is 0.383 e. The number of ether oxygens (including phenoxy) is 1. The fraction of sp³-hybridized carbons (Fsp3) is 0.462. The normalized spacial score (nSPS) is 15.4. The Hall–Kier alpha value is -1.24. The van der Waals surface area contributed by atoms with Crippen LogP contribution in [0.3, 0.4) is 0 Å². The summed E-state index contributed by atoms with van der Waals surface area (Å²) in [4.78, 5) is 12.0. The highest BCUT2D eigenvalue weighted by Gasteiger charge is 2.30. The Kier molecular flexibility index (Phi) is 4.34. The van der Waals surface area contributed by atoms with Crippen molar-refractivity contribution in [1.29, 1.82) is 0 Å². The number of benzene rings is 1. The standard InChI is InChI=1S/C13H17NO4S/c1-18-9-8-14-19(16,17)12-6-4-11(5-7-12)13(15)10-2-3-10/h4-7,10,14H,2-3,8-9H2,1H3. The van der Waals surface area contributed by atoms with Gasteiger partial charge in [0.05, 0.1) is 11.5 Å². The van der Waals surface area contributed by atoms with Gasteiger partial charge in [-0.3, -0.25) is 4.79 Å². The molecule has 1 N–H and O–H groups in total. The van der Waals surface area contributed by atoms with Gasteiger partial charge in [-0.25, -0.2) is 13.1 Å². The van der Waals surface area contributed by atoms with Gasteiger partial charge in [-0.1, -0.05) is 12.1 Å². The van der Waals surface area contributed by atoms with Crippen LogP contribution in [0.1, 0.15) is 23.2 Å². The van der Waals surface area contributed by atoms with Crippen molar-refractivity contribution in [3.63, 3.8) is 0 Å². The van der Waals surface area contributed by atoms with Crippen LogP contribution in [0, 0.1) is 5.92 Å². The lowest BCUT2D eigenvalue weighted by molar-refractivity contribution is 0.0967. The molecule has 1 aromatic rings. The summed E-state index contributed by atoms with van der Waals surface area (Å²) in [6.07, 6.45) is 1.88. The van der Waals surface area contributed by atoms with Gasteiger partial charge in [-0.15, -0.1) is 0 Å². The first-order valence-corrected chi connectivity index (χ1v) is 7.66. The Morgan fingerprint density at radius 1 is 1.32 bits per heavy atom. The van der Waals surface area contributed by atoms with Crippen molar-refractivity contribution < 1.29 is 17.9 Å². The van der Waals surface area contributed by atoms with E-state index in [-0.39, 0.29) is 23.1 Å². The van der Waals surface area contributed by atoms with E-state index >= 15 is 0 Å². The third kappa shape index (κ3) is 3.62. The lowest BCUT2D eigenvalue weighted by atomic mass is 10.1. The molecule has 0 aromatic heterocycles. The summed E-state index contributed by atoms with van der Waals surface area (Å²) in [7, 11) is -2.01. The van der Waals surface area contributed by atoms with Crippen molar-refractivity contribution >= 4 is 15.8 Å². The molecule has 0 aliphatic heterocycles. The molecular formula is C13H17NO4S. The second kappa shape index (κ2) is 5.81. The number of Topliss-reactive ketones (excluding diaryl/α,β-unsaturated/α-hetero) is 1. The van der Waals surface area contributed by atoms with E-state index in [1.54, 1.807) is 12.1 Å². The number of sulfonamides is 1. The Morgan fingerprint density at radius 3 is 2.47 bits per heavy atom. The molecule has 1 aliphatic carbocycles. The van der Waals surface area contributed by atoms with E-state index in [1.165, 1.54) is 19.2 Å². The molecule has 1 fully saturated rings. The first-order chi connectivity index (χ1) is 9.04. The summed E-state index contributed by atoms with van der Waals surface area (Å²) in [5.41, 5.74) is 0.582. The molecule has 19 heavy (non-hydrogen) atoms. The van der Waals surface area contributed by atoms with Crippen molar-refractivity contribution in [3.8, 4) is 0 Å². The number of methoxy groups -OCH3 is 1. The minimum Gasteiger partial charge on any atom is -0.383 e. The molecule has 6 heteroatoms. The number of carbonyl (C=O) groups is 1. The minimum atomic E-state index is -3.52. The Labute approximate surface area is 113 Å². The van der Waals surface area contributed by atoms with Gasteiger partial charge in [-0.2, -0.15) is 0 Å². The third-order valence-corrected chi connectivity index (χ3v) is 4.47. The van der Waals surface area contributed by atoms with Crippen molar-refractivity contribution in [3.05, 3.63) is 29.8 Å². The fourth-order valence-electron chi connectivity index (χ4n) is 1.74. The highest BCUT2D eigenvalue weighted by Crippen LogP contribution is 2.32. The molecule has 0 bridgehead atoms. The highest BCUT2D eigenvalue weighted by atomic mass is 32.2. The predicted octanol–water partition coefficient (Wildman–Crippen LogP) is 1.20. The number of hydrogen-bond donors (Lipinski definition) is 1. The summed E-state index contributed by atoms with van der Waals surface area (Å²) in [6, 6.07) is 6.08. The smallest absolute Gasteiger partial charge is 0.240 e. The SMILES string of the molecule is COCCNS(=O)(=O)c1ccc(C(=O)C2CC2)cc1. The second-order valence-electron chi connectivity index (χ2n) is 4.55. The minimum absolute atomic E-state index is 0.108. The maximum atomic E-state index is 11.9. The van der Waals surface area contributed by atoms with Crippen molar-refractivity contribution in [2.75, 3.05) is 20.3 Å². The predicted molar refractivity (Wildman–Crippen MR) is 70.6 cm³/mol. The lowest BCUT2D eigenvalue weighted by Gasteiger charge is -2.07. The van der Waals surface area contributed by atoms with Gasteiger partial charge in [-0.05, 0) is 25.0 Å². The van der Waals surface area contributed by atoms with E-state index in [0.717, 1.165) is 12.8 Å². The first-order valence-electron chi connectivity index (χ1n) is 6.17. The number of nitrogens with one attached hydrogen (secondary N) is 1. The molecule has 0 radical (unpaired) electrons. The van der Waals surface area contributed by atoms with Crippen LogP contribution in [0.5, 0.6) is 0 Å². The molecule has 1 aliphatic rings. The van der Waals surface area contributed by atoms with Gasteiger partial charge in [0.25, 0.3) is 0 Å². The van der Waals surface area contributed by atoms with E-state index < -0.39 is 10.0 Å². The molecule has 1 aromatic carbocycles. The number of carbonyl (C=O) groups excluding carboxylic acids is 1. The molecule has 0 amide bonds. The summed E-state index contributed by atoms with van der Waals surface area (Å²) >= 11 is 0. The third-order valence-electron chi connectivity index (χ3n) is 3.00. The monoisotopic (exact) mass is 283 g/mol. The van der Waals surface area contributed by atoms with E-state index in [2.05, 4.69) is 4.72 Å². The molecule has 0 unspecified atom stereocenters. The van der Waals surface area contributed by atoms with E-state index in [0.29, 0.717) is 12.2 Å². The van der Waals surface area contributed by atoms with Gasteiger partial charge >= 0.3 is 0 Å². The van der Waals surface area contributed by atoms with Crippen LogP contribution in [0.4, 0.5) is 0 Å². The highest BCUT2D eigenvalue weighted by molar-refractivity contribution is 7.89. The molecule has 5 nitrogen and oxygen atoms in total. The van der Waals surface area contributed by atoms with Gasteiger partial charge in [0.2, 0.25) is 10.0 Å². The quantitative estimate of drug-likeness (QED) is 0.603. The van der Waals surface area contributed by atoms with Crippen molar-refractivity contribution in [2.24, 2.45) is 5.92 Å². The van der Waals surface area contributed by atoms with Crippen LogP contribution in [-0.2, 0) is 14.8 Å². The van der Waals surface area contributed by atoms with Crippen LogP contribution in [0.15, 0.2) is 29.2 Å². The molecule has 0 heterocycles.